The normalized spacial score (nSPS) is 13.4. The van der Waals surface area contributed by atoms with Crippen LogP contribution in [0.5, 0.6) is 0 Å². The summed E-state index contributed by atoms with van der Waals surface area (Å²) in [6, 6.07) is 0. The number of allylic oxidation sites excluding steroid dienone is 16. The number of aliphatic hydroxyl groups excluding tert-OH is 1. The Hall–Kier alpha value is -3.18. The molecule has 0 saturated carbocycles. The zero-order valence-corrected chi connectivity index (χ0v) is 27.6. The van der Waals surface area contributed by atoms with Crippen LogP contribution in [0.2, 0.25) is 0 Å². The van der Waals surface area contributed by atoms with Crippen molar-refractivity contribution in [2.24, 2.45) is 0 Å². The number of aliphatic hydroxyl groups is 1. The van der Waals surface area contributed by atoms with Gasteiger partial charge in [-0.05, 0) is 51.4 Å². The third-order valence-electron chi connectivity index (χ3n) is 6.54. The molecule has 0 bridgehead atoms. The molecule has 0 aromatic carbocycles. The second-order valence-electron chi connectivity index (χ2n) is 10.7. The third kappa shape index (κ3) is 31.7. The summed E-state index contributed by atoms with van der Waals surface area (Å²) in [5, 5.41) is 9.50. The molecule has 44 heavy (non-hydrogen) atoms. The highest BCUT2D eigenvalue weighted by atomic mass is 16.6. The Morgan fingerprint density at radius 1 is 0.568 bits per heavy atom. The predicted octanol–water partition coefficient (Wildman–Crippen LogP) is 10.2. The first kappa shape index (κ1) is 40.8. The van der Waals surface area contributed by atoms with Crippen molar-refractivity contribution in [3.8, 4) is 0 Å². The van der Waals surface area contributed by atoms with Gasteiger partial charge in [0.2, 0.25) is 0 Å². The largest absolute Gasteiger partial charge is 0.462 e. The van der Waals surface area contributed by atoms with Crippen molar-refractivity contribution in [2.75, 3.05) is 13.2 Å². The summed E-state index contributed by atoms with van der Waals surface area (Å²) < 4.78 is 10.5. The number of hydrogen-bond acceptors (Lipinski definition) is 5. The van der Waals surface area contributed by atoms with Gasteiger partial charge in [-0.25, -0.2) is 0 Å². The molecule has 0 aliphatic carbocycles. The highest BCUT2D eigenvalue weighted by molar-refractivity contribution is 5.70. The first-order valence-corrected chi connectivity index (χ1v) is 16.9. The lowest BCUT2D eigenvalue weighted by Crippen LogP contribution is -2.28. The third-order valence-corrected chi connectivity index (χ3v) is 6.54. The van der Waals surface area contributed by atoms with Gasteiger partial charge in [0.15, 0.2) is 6.10 Å². The fourth-order valence-corrected chi connectivity index (χ4v) is 3.99. The summed E-state index contributed by atoms with van der Waals surface area (Å²) in [6.45, 7) is 3.85. The molecule has 1 unspecified atom stereocenters. The lowest BCUT2D eigenvalue weighted by atomic mass is 10.1. The molecular formula is C39H60O5. The predicted molar refractivity (Wildman–Crippen MR) is 186 cm³/mol. The zero-order valence-electron chi connectivity index (χ0n) is 27.6. The van der Waals surface area contributed by atoms with E-state index in [1.165, 1.54) is 38.5 Å². The van der Waals surface area contributed by atoms with E-state index >= 15 is 0 Å². The Balaban J connectivity index is 3.83. The van der Waals surface area contributed by atoms with Gasteiger partial charge in [-0.2, -0.15) is 0 Å². The minimum absolute atomic E-state index is 0.122. The molecule has 0 saturated heterocycles. The summed E-state index contributed by atoms with van der Waals surface area (Å²) in [5.41, 5.74) is 0. The van der Waals surface area contributed by atoms with Crippen LogP contribution >= 0.6 is 0 Å². The summed E-state index contributed by atoms with van der Waals surface area (Å²) in [6.07, 6.45) is 47.5. The number of unbranched alkanes of at least 4 members (excludes halogenated alkanes) is 9. The first-order chi connectivity index (χ1) is 21.6. The van der Waals surface area contributed by atoms with E-state index in [1.807, 2.05) is 66.8 Å². The first-order valence-electron chi connectivity index (χ1n) is 16.9. The molecule has 1 atom stereocenters. The second kappa shape index (κ2) is 34.3. The molecule has 5 heteroatoms. The van der Waals surface area contributed by atoms with Crippen LogP contribution in [-0.2, 0) is 19.1 Å². The van der Waals surface area contributed by atoms with E-state index in [-0.39, 0.29) is 38.0 Å². The van der Waals surface area contributed by atoms with E-state index in [4.69, 9.17) is 9.47 Å². The van der Waals surface area contributed by atoms with Crippen LogP contribution in [-0.4, -0.2) is 36.4 Å². The van der Waals surface area contributed by atoms with E-state index in [9.17, 15) is 14.7 Å². The molecule has 0 amide bonds. The zero-order chi connectivity index (χ0) is 32.2. The van der Waals surface area contributed by atoms with E-state index in [2.05, 4.69) is 44.2 Å². The average Bonchev–Trinajstić information content (AvgIpc) is 3.02. The number of rotatable bonds is 28. The number of hydrogen-bond donors (Lipinski definition) is 1. The summed E-state index contributed by atoms with van der Waals surface area (Å²) >= 11 is 0. The second-order valence-corrected chi connectivity index (χ2v) is 10.7. The van der Waals surface area contributed by atoms with Gasteiger partial charge < -0.3 is 14.6 Å². The molecule has 0 heterocycles. The monoisotopic (exact) mass is 608 g/mol. The van der Waals surface area contributed by atoms with E-state index in [0.717, 1.165) is 44.9 Å². The van der Waals surface area contributed by atoms with E-state index < -0.39 is 6.10 Å². The van der Waals surface area contributed by atoms with Crippen molar-refractivity contribution in [1.29, 1.82) is 0 Å². The van der Waals surface area contributed by atoms with Crippen molar-refractivity contribution >= 4 is 11.9 Å². The lowest BCUT2D eigenvalue weighted by molar-refractivity contribution is -0.161. The number of carbonyl (C=O) groups is 2. The Morgan fingerprint density at radius 3 is 1.75 bits per heavy atom. The van der Waals surface area contributed by atoms with Crippen LogP contribution in [0.15, 0.2) is 97.2 Å². The molecule has 0 aliphatic rings. The number of ether oxygens (including phenoxy) is 2. The Labute approximate surface area is 268 Å². The molecule has 5 nitrogen and oxygen atoms in total. The van der Waals surface area contributed by atoms with Gasteiger partial charge >= 0.3 is 11.9 Å². The fourth-order valence-electron chi connectivity index (χ4n) is 3.99. The van der Waals surface area contributed by atoms with Gasteiger partial charge in [-0.3, -0.25) is 9.59 Å². The van der Waals surface area contributed by atoms with Gasteiger partial charge in [0, 0.05) is 12.8 Å². The van der Waals surface area contributed by atoms with Gasteiger partial charge in [0.1, 0.15) is 6.61 Å². The molecule has 0 radical (unpaired) electrons. The van der Waals surface area contributed by atoms with Crippen molar-refractivity contribution in [2.45, 2.75) is 123 Å². The number of esters is 2. The molecule has 1 N–H and O–H groups in total. The van der Waals surface area contributed by atoms with Crippen LogP contribution in [0.3, 0.4) is 0 Å². The van der Waals surface area contributed by atoms with Crippen molar-refractivity contribution < 1.29 is 24.2 Å². The summed E-state index contributed by atoms with van der Waals surface area (Å²) in [4.78, 5) is 24.1. The summed E-state index contributed by atoms with van der Waals surface area (Å²) in [7, 11) is 0. The SMILES string of the molecule is CC/C=C/C=C/C=C/C=C/C=C/C=C/CCCCCC(=O)OC(CO)COC(=O)CC/C=C/C/C=C/CCCCCCCC. The highest BCUT2D eigenvalue weighted by Crippen LogP contribution is 2.08. The minimum Gasteiger partial charge on any atom is -0.462 e. The fraction of sp³-hybridized carbons (Fsp3) is 0.538. The number of carbonyl (C=O) groups excluding carboxylic acids is 2. The van der Waals surface area contributed by atoms with E-state index in [1.54, 1.807) is 0 Å². The Kier molecular flexibility index (Phi) is 31.8. The van der Waals surface area contributed by atoms with Crippen molar-refractivity contribution in [1.82, 2.24) is 0 Å². The van der Waals surface area contributed by atoms with Crippen LogP contribution in [0.25, 0.3) is 0 Å². The summed E-state index contributed by atoms with van der Waals surface area (Å²) in [5.74, 6) is -0.734. The maximum absolute atomic E-state index is 12.1. The van der Waals surface area contributed by atoms with Crippen LogP contribution in [0.1, 0.15) is 117 Å². The van der Waals surface area contributed by atoms with Crippen LogP contribution < -0.4 is 0 Å². The van der Waals surface area contributed by atoms with E-state index in [0.29, 0.717) is 6.42 Å². The molecular weight excluding hydrogens is 548 g/mol. The van der Waals surface area contributed by atoms with Crippen LogP contribution in [0, 0.1) is 0 Å². The molecule has 0 aromatic rings. The lowest BCUT2D eigenvalue weighted by Gasteiger charge is -2.15. The maximum atomic E-state index is 12.1. The van der Waals surface area contributed by atoms with Gasteiger partial charge in [-0.1, -0.05) is 150 Å². The minimum atomic E-state index is -0.822. The maximum Gasteiger partial charge on any atom is 0.306 e. The smallest absolute Gasteiger partial charge is 0.306 e. The molecule has 0 aliphatic heterocycles. The van der Waals surface area contributed by atoms with Gasteiger partial charge in [-0.15, -0.1) is 0 Å². The van der Waals surface area contributed by atoms with Gasteiger partial charge in [0.05, 0.1) is 6.61 Å². The quantitative estimate of drug-likeness (QED) is 0.0414. The molecule has 0 fully saturated rings. The molecule has 0 aromatic heterocycles. The highest BCUT2D eigenvalue weighted by Gasteiger charge is 2.15. The average molecular weight is 609 g/mol. The standard InChI is InChI=1S/C39H60O5/c1-3-5-7-9-11-13-15-17-18-19-20-22-24-26-28-30-32-34-39(42)44-37(35-40)36-43-38(41)33-31-29-27-25-23-21-16-14-12-10-8-6-4-2/h5,7,9,11,13,15,17-24,27,29,37,40H,3-4,6,8,10,12,14,16,25-26,28,30-36H2,1-2H3/b7-5+,11-9+,15-13+,18-17+,20-19+,23-21+,24-22+,29-27+. The van der Waals surface area contributed by atoms with Gasteiger partial charge in [0.25, 0.3) is 0 Å². The topological polar surface area (TPSA) is 72.8 Å². The Morgan fingerprint density at radius 2 is 1.11 bits per heavy atom. The van der Waals surface area contributed by atoms with Crippen molar-refractivity contribution in [3.05, 3.63) is 97.2 Å². The molecule has 0 spiro atoms. The van der Waals surface area contributed by atoms with Crippen molar-refractivity contribution in [3.63, 3.8) is 0 Å². The Bertz CT molecular complexity index is 917. The molecule has 0 rings (SSSR count). The molecule has 246 valence electrons. The van der Waals surface area contributed by atoms with Crippen LogP contribution in [0.4, 0.5) is 0 Å².